The maximum atomic E-state index is 13.2. The van der Waals surface area contributed by atoms with Gasteiger partial charge in [-0.2, -0.15) is 0 Å². The molecule has 7 rings (SSSR count). The average molecular weight is 437 g/mol. The van der Waals surface area contributed by atoms with Gasteiger partial charge in [0, 0.05) is 30.8 Å². The first-order valence-corrected chi connectivity index (χ1v) is 12.8. The van der Waals surface area contributed by atoms with Crippen LogP contribution in [-0.2, 0) is 9.53 Å². The predicted octanol–water partition coefficient (Wildman–Crippen LogP) is 4.93. The molecule has 2 saturated heterocycles. The normalized spacial score (nSPS) is 37.4. The van der Waals surface area contributed by atoms with E-state index in [0.717, 1.165) is 41.8 Å². The quantitative estimate of drug-likeness (QED) is 0.728. The maximum Gasteiger partial charge on any atom is 0.254 e. The van der Waals surface area contributed by atoms with Crippen LogP contribution in [0.15, 0.2) is 18.2 Å². The van der Waals surface area contributed by atoms with Crippen LogP contribution in [0.1, 0.15) is 80.1 Å². The number of hydrogen-bond acceptors (Lipinski definition) is 3. The predicted molar refractivity (Wildman–Crippen MR) is 123 cm³/mol. The zero-order chi connectivity index (χ0) is 21.9. The zero-order valence-electron chi connectivity index (χ0n) is 19.3. The number of morpholine rings is 1. The number of carbonyl (C=O) groups excluding carboxylic acids is 2. The third-order valence-electron chi connectivity index (χ3n) is 9.03. The molecule has 6 aliphatic rings. The summed E-state index contributed by atoms with van der Waals surface area (Å²) in [6.45, 7) is 3.36. The number of amides is 2. The van der Waals surface area contributed by atoms with Gasteiger partial charge in [0.2, 0.25) is 5.91 Å². The molecule has 2 unspecified atom stereocenters. The highest BCUT2D eigenvalue weighted by Crippen LogP contribution is 2.61. The van der Waals surface area contributed by atoms with Crippen LogP contribution in [-0.4, -0.2) is 42.0 Å². The molecule has 1 N–H and O–H groups in total. The molecular weight excluding hydrogens is 400 g/mol. The van der Waals surface area contributed by atoms with Gasteiger partial charge in [0.15, 0.2) is 0 Å². The number of ether oxygens (including phenoxy) is 1. The number of hydrogen-bond donors (Lipinski definition) is 1. The zero-order valence-corrected chi connectivity index (χ0v) is 19.3. The van der Waals surface area contributed by atoms with Gasteiger partial charge in [0.1, 0.15) is 0 Å². The lowest BCUT2D eigenvalue weighted by atomic mass is 9.49. The van der Waals surface area contributed by atoms with E-state index in [9.17, 15) is 9.59 Å². The van der Waals surface area contributed by atoms with E-state index in [2.05, 4.69) is 5.32 Å². The molecule has 5 heteroatoms. The minimum atomic E-state index is 0.0572. The molecule has 2 amide bonds. The van der Waals surface area contributed by atoms with E-state index in [4.69, 9.17) is 4.74 Å². The summed E-state index contributed by atoms with van der Waals surface area (Å²) in [7, 11) is 0. The number of nitrogens with one attached hydrogen (secondary N) is 1. The van der Waals surface area contributed by atoms with E-state index in [0.29, 0.717) is 25.1 Å². The van der Waals surface area contributed by atoms with Gasteiger partial charge >= 0.3 is 0 Å². The number of anilines is 1. The van der Waals surface area contributed by atoms with Crippen molar-refractivity contribution in [2.45, 2.75) is 83.3 Å². The molecule has 1 aromatic carbocycles. The number of aryl methyl sites for hydroxylation is 1. The van der Waals surface area contributed by atoms with Gasteiger partial charge in [-0.05, 0) is 106 Å². The summed E-state index contributed by atoms with van der Waals surface area (Å²) < 4.78 is 6.00. The fourth-order valence-corrected chi connectivity index (χ4v) is 8.10. The van der Waals surface area contributed by atoms with E-state index in [1.165, 1.54) is 44.9 Å². The third-order valence-corrected chi connectivity index (χ3v) is 9.03. The third kappa shape index (κ3) is 3.87. The van der Waals surface area contributed by atoms with Crippen LogP contribution in [0.25, 0.3) is 0 Å². The van der Waals surface area contributed by atoms with Crippen molar-refractivity contribution < 1.29 is 14.3 Å². The first-order valence-electron chi connectivity index (χ1n) is 12.8. The summed E-state index contributed by atoms with van der Waals surface area (Å²) in [6, 6.07) is 5.76. The first kappa shape index (κ1) is 20.7. The van der Waals surface area contributed by atoms with E-state index in [1.54, 1.807) is 0 Å². The van der Waals surface area contributed by atoms with Crippen molar-refractivity contribution in [3.63, 3.8) is 0 Å². The van der Waals surface area contributed by atoms with Gasteiger partial charge in [-0.1, -0.05) is 6.07 Å². The fraction of sp³-hybridized carbons (Fsp3) is 0.704. The van der Waals surface area contributed by atoms with Crippen molar-refractivity contribution in [1.82, 2.24) is 4.90 Å². The smallest absolute Gasteiger partial charge is 0.254 e. The summed E-state index contributed by atoms with van der Waals surface area (Å²) in [6.07, 6.45) is 12.2. The highest BCUT2D eigenvalue weighted by atomic mass is 16.5. The number of nitrogens with zero attached hydrogens (tertiary/aromatic N) is 1. The Morgan fingerprint density at radius 3 is 2.28 bits per heavy atom. The van der Waals surface area contributed by atoms with Crippen LogP contribution in [0.4, 0.5) is 5.69 Å². The second-order valence-corrected chi connectivity index (χ2v) is 11.7. The van der Waals surface area contributed by atoms with Gasteiger partial charge in [-0.25, -0.2) is 0 Å². The molecule has 4 aliphatic carbocycles. The van der Waals surface area contributed by atoms with E-state index in [1.807, 2.05) is 30.0 Å². The molecule has 2 aliphatic heterocycles. The minimum absolute atomic E-state index is 0.0572. The first-order chi connectivity index (χ1) is 15.4. The molecule has 1 aromatic rings. The monoisotopic (exact) mass is 436 g/mol. The molecule has 0 radical (unpaired) electrons. The van der Waals surface area contributed by atoms with Crippen LogP contribution in [0.2, 0.25) is 0 Å². The largest absolute Gasteiger partial charge is 0.371 e. The lowest BCUT2D eigenvalue weighted by Crippen LogP contribution is -2.52. The van der Waals surface area contributed by atoms with Gasteiger partial charge in [-0.15, -0.1) is 0 Å². The number of likely N-dealkylation sites (tertiary alicyclic amines) is 1. The number of carbonyl (C=O) groups is 2. The van der Waals surface area contributed by atoms with Crippen LogP contribution in [0.5, 0.6) is 0 Å². The molecule has 172 valence electrons. The number of rotatable bonds is 4. The van der Waals surface area contributed by atoms with Crippen molar-refractivity contribution in [2.75, 3.05) is 18.4 Å². The molecule has 6 bridgehead atoms. The molecule has 2 heterocycles. The van der Waals surface area contributed by atoms with Crippen molar-refractivity contribution in [1.29, 1.82) is 0 Å². The summed E-state index contributed by atoms with van der Waals surface area (Å²) in [5, 5.41) is 3.19. The topological polar surface area (TPSA) is 58.6 Å². The Morgan fingerprint density at radius 2 is 1.66 bits per heavy atom. The molecule has 5 nitrogen and oxygen atoms in total. The highest BCUT2D eigenvalue weighted by Gasteiger charge is 2.51. The molecule has 0 spiro atoms. The molecule has 6 fully saturated rings. The molecule has 0 aromatic heterocycles. The summed E-state index contributed by atoms with van der Waals surface area (Å²) in [5.41, 5.74) is 2.70. The lowest BCUT2D eigenvalue weighted by Gasteiger charge is -2.56. The Bertz CT molecular complexity index is 878. The van der Waals surface area contributed by atoms with E-state index >= 15 is 0 Å². The Balaban J connectivity index is 1.14. The van der Waals surface area contributed by atoms with Crippen molar-refractivity contribution >= 4 is 17.5 Å². The van der Waals surface area contributed by atoms with Gasteiger partial charge in [0.25, 0.3) is 5.91 Å². The molecular formula is C27H36N2O3. The SMILES string of the molecule is Cc1ccc(C(=O)N2CC3CCCC(C2)O3)cc1NC(=O)CC12CC3CC(CC(C3)C1)C2. The maximum absolute atomic E-state index is 13.2. The Kier molecular flexibility index (Phi) is 5.09. The molecule has 2 atom stereocenters. The average Bonchev–Trinajstić information content (AvgIpc) is 2.73. The Morgan fingerprint density at radius 1 is 1.03 bits per heavy atom. The fourth-order valence-electron chi connectivity index (χ4n) is 8.10. The van der Waals surface area contributed by atoms with Crippen molar-refractivity contribution in [3.8, 4) is 0 Å². The standard InChI is InChI=1S/C27H36N2O3/c1-17-5-6-21(26(31)29-15-22-3-2-4-23(16-29)32-22)10-24(17)28-25(30)14-27-11-18-7-19(12-27)9-20(8-18)13-27/h5-6,10,18-20,22-23H,2-4,7-9,11-16H2,1H3,(H,28,30). The number of benzene rings is 1. The molecule has 4 saturated carbocycles. The lowest BCUT2D eigenvalue weighted by molar-refractivity contribution is -0.124. The Labute approximate surface area is 191 Å². The summed E-state index contributed by atoms with van der Waals surface area (Å²) in [5.74, 6) is 2.74. The Hall–Kier alpha value is -1.88. The van der Waals surface area contributed by atoms with E-state index < -0.39 is 0 Å². The van der Waals surface area contributed by atoms with Gasteiger partial charge < -0.3 is 15.0 Å². The van der Waals surface area contributed by atoms with Gasteiger partial charge in [-0.3, -0.25) is 9.59 Å². The van der Waals surface area contributed by atoms with Crippen molar-refractivity contribution in [2.24, 2.45) is 23.2 Å². The van der Waals surface area contributed by atoms with Crippen molar-refractivity contribution in [3.05, 3.63) is 29.3 Å². The number of fused-ring (bicyclic) bond motifs is 2. The molecule has 32 heavy (non-hydrogen) atoms. The van der Waals surface area contributed by atoms with E-state index in [-0.39, 0.29) is 29.4 Å². The van der Waals surface area contributed by atoms with Crippen LogP contribution in [0.3, 0.4) is 0 Å². The second kappa shape index (κ2) is 7.86. The van der Waals surface area contributed by atoms with Crippen LogP contribution >= 0.6 is 0 Å². The van der Waals surface area contributed by atoms with Gasteiger partial charge in [0.05, 0.1) is 12.2 Å². The van der Waals surface area contributed by atoms with Crippen LogP contribution < -0.4 is 5.32 Å². The highest BCUT2D eigenvalue weighted by molar-refractivity contribution is 5.98. The second-order valence-electron chi connectivity index (χ2n) is 11.7. The minimum Gasteiger partial charge on any atom is -0.371 e. The van der Waals surface area contributed by atoms with Crippen LogP contribution in [0, 0.1) is 30.1 Å². The summed E-state index contributed by atoms with van der Waals surface area (Å²) >= 11 is 0. The summed E-state index contributed by atoms with van der Waals surface area (Å²) in [4.78, 5) is 28.3.